The minimum absolute atomic E-state index is 0.446. The van der Waals surface area contributed by atoms with Crippen molar-refractivity contribution in [1.82, 2.24) is 15.1 Å². The summed E-state index contributed by atoms with van der Waals surface area (Å²) in [6, 6.07) is 3.11. The Labute approximate surface area is 106 Å². The van der Waals surface area contributed by atoms with Crippen molar-refractivity contribution in [1.29, 1.82) is 0 Å². The molecule has 3 heteroatoms. The van der Waals surface area contributed by atoms with Crippen molar-refractivity contribution in [3.63, 3.8) is 0 Å². The molecule has 0 bridgehead atoms. The normalized spacial score (nSPS) is 15.2. The van der Waals surface area contributed by atoms with E-state index >= 15 is 0 Å². The topological polar surface area (TPSA) is 29.9 Å². The predicted octanol–water partition coefficient (Wildman–Crippen LogP) is 3.38. The first-order chi connectivity index (χ1) is 8.02. The Balaban J connectivity index is 2.34. The van der Waals surface area contributed by atoms with Crippen molar-refractivity contribution in [2.45, 2.75) is 66.1 Å². The minimum Gasteiger partial charge on any atom is -0.309 e. The molecule has 0 aliphatic heterocycles. The lowest BCUT2D eigenvalue weighted by Crippen LogP contribution is -2.27. The van der Waals surface area contributed by atoms with Crippen molar-refractivity contribution < 1.29 is 0 Å². The summed E-state index contributed by atoms with van der Waals surface area (Å²) in [6.45, 7) is 12.0. The van der Waals surface area contributed by atoms with Gasteiger partial charge in [0.2, 0.25) is 0 Å². The van der Waals surface area contributed by atoms with Gasteiger partial charge in [0.1, 0.15) is 0 Å². The molecular formula is C14H27N3. The molecule has 98 valence electrons. The van der Waals surface area contributed by atoms with Gasteiger partial charge in [0.05, 0.1) is 5.69 Å². The zero-order valence-electron chi connectivity index (χ0n) is 11.9. The lowest BCUT2D eigenvalue weighted by atomic mass is 10.0. The van der Waals surface area contributed by atoms with Crippen LogP contribution < -0.4 is 5.32 Å². The Hall–Kier alpha value is -0.830. The van der Waals surface area contributed by atoms with E-state index in [1.165, 1.54) is 12.8 Å². The quantitative estimate of drug-likeness (QED) is 0.788. The highest BCUT2D eigenvalue weighted by Crippen LogP contribution is 2.10. The molecule has 1 aromatic rings. The van der Waals surface area contributed by atoms with Gasteiger partial charge in [0.25, 0.3) is 0 Å². The molecule has 0 saturated heterocycles. The molecule has 0 amide bonds. The average molecular weight is 237 g/mol. The number of rotatable bonds is 7. The molecule has 0 spiro atoms. The van der Waals surface area contributed by atoms with Gasteiger partial charge in [-0.1, -0.05) is 20.3 Å². The summed E-state index contributed by atoms with van der Waals surface area (Å²) in [4.78, 5) is 0. The molecule has 0 aliphatic carbocycles. The van der Waals surface area contributed by atoms with E-state index in [9.17, 15) is 0 Å². The summed E-state index contributed by atoms with van der Waals surface area (Å²) in [6.07, 6.45) is 4.55. The van der Waals surface area contributed by atoms with Gasteiger partial charge in [-0.3, -0.25) is 4.68 Å². The van der Waals surface area contributed by atoms with Crippen LogP contribution >= 0.6 is 0 Å². The van der Waals surface area contributed by atoms with E-state index in [1.807, 2.05) is 4.68 Å². The Morgan fingerprint density at radius 2 is 2.00 bits per heavy atom. The molecule has 1 aromatic heterocycles. The van der Waals surface area contributed by atoms with Gasteiger partial charge in [-0.05, 0) is 39.2 Å². The fraction of sp³-hybridized carbons (Fsp3) is 0.786. The summed E-state index contributed by atoms with van der Waals surface area (Å²) in [5.74, 6) is 0.797. The largest absolute Gasteiger partial charge is 0.309 e. The summed E-state index contributed by atoms with van der Waals surface area (Å²) in [5, 5.41) is 8.08. The zero-order chi connectivity index (χ0) is 12.8. The Morgan fingerprint density at radius 1 is 1.29 bits per heavy atom. The molecule has 0 aliphatic rings. The van der Waals surface area contributed by atoms with Gasteiger partial charge in [0, 0.05) is 24.8 Å². The second-order valence-corrected chi connectivity index (χ2v) is 5.41. The summed E-state index contributed by atoms with van der Waals surface area (Å²) in [5.41, 5.74) is 1.13. The molecule has 1 rings (SSSR count). The van der Waals surface area contributed by atoms with Crippen LogP contribution in [-0.4, -0.2) is 15.8 Å². The Kier molecular flexibility index (Phi) is 5.69. The standard InChI is InChI=1S/C14H27N3/c1-6-12(4)9-13(5)15-10-14-7-8-17(16-14)11(2)3/h7-8,11-13,15H,6,9-10H2,1-5H3. The van der Waals surface area contributed by atoms with Gasteiger partial charge in [-0.15, -0.1) is 0 Å². The zero-order valence-corrected chi connectivity index (χ0v) is 11.9. The van der Waals surface area contributed by atoms with E-state index in [0.717, 1.165) is 18.2 Å². The molecule has 2 unspecified atom stereocenters. The summed E-state index contributed by atoms with van der Waals surface area (Å²) in [7, 11) is 0. The van der Waals surface area contributed by atoms with E-state index in [4.69, 9.17) is 0 Å². The fourth-order valence-corrected chi connectivity index (χ4v) is 1.89. The smallest absolute Gasteiger partial charge is 0.0762 e. The van der Waals surface area contributed by atoms with Crippen molar-refractivity contribution in [2.24, 2.45) is 5.92 Å². The maximum Gasteiger partial charge on any atom is 0.0762 e. The number of hydrogen-bond acceptors (Lipinski definition) is 2. The Bertz CT molecular complexity index is 317. The van der Waals surface area contributed by atoms with Crippen LogP contribution in [0.2, 0.25) is 0 Å². The van der Waals surface area contributed by atoms with Crippen LogP contribution in [0, 0.1) is 5.92 Å². The van der Waals surface area contributed by atoms with Gasteiger partial charge in [0.15, 0.2) is 0 Å². The van der Waals surface area contributed by atoms with E-state index in [-0.39, 0.29) is 0 Å². The molecule has 2 atom stereocenters. The minimum atomic E-state index is 0.446. The molecule has 0 aromatic carbocycles. The summed E-state index contributed by atoms with van der Waals surface area (Å²) >= 11 is 0. The van der Waals surface area contributed by atoms with E-state index in [0.29, 0.717) is 12.1 Å². The van der Waals surface area contributed by atoms with Crippen LogP contribution in [0.1, 0.15) is 59.2 Å². The molecule has 1 heterocycles. The van der Waals surface area contributed by atoms with Crippen LogP contribution in [0.4, 0.5) is 0 Å². The highest BCUT2D eigenvalue weighted by Gasteiger charge is 2.08. The van der Waals surface area contributed by atoms with Crippen molar-refractivity contribution in [3.05, 3.63) is 18.0 Å². The van der Waals surface area contributed by atoms with Crippen molar-refractivity contribution >= 4 is 0 Å². The first-order valence-corrected chi connectivity index (χ1v) is 6.80. The molecule has 1 N–H and O–H groups in total. The highest BCUT2D eigenvalue weighted by molar-refractivity contribution is 4.99. The van der Waals surface area contributed by atoms with Crippen LogP contribution in [0.25, 0.3) is 0 Å². The lowest BCUT2D eigenvalue weighted by molar-refractivity contribution is 0.408. The predicted molar refractivity (Wildman–Crippen MR) is 73.0 cm³/mol. The number of hydrogen-bond donors (Lipinski definition) is 1. The van der Waals surface area contributed by atoms with E-state index in [2.05, 4.69) is 57.3 Å². The number of aromatic nitrogens is 2. The number of nitrogens with zero attached hydrogens (tertiary/aromatic N) is 2. The van der Waals surface area contributed by atoms with Gasteiger partial charge >= 0.3 is 0 Å². The summed E-state index contributed by atoms with van der Waals surface area (Å²) < 4.78 is 2.01. The SMILES string of the molecule is CCC(C)CC(C)NCc1ccn(C(C)C)n1. The fourth-order valence-electron chi connectivity index (χ4n) is 1.89. The third kappa shape index (κ3) is 4.90. The van der Waals surface area contributed by atoms with E-state index in [1.54, 1.807) is 0 Å². The molecule has 0 fully saturated rings. The van der Waals surface area contributed by atoms with Crippen LogP contribution in [-0.2, 0) is 6.54 Å². The first kappa shape index (κ1) is 14.2. The van der Waals surface area contributed by atoms with Crippen molar-refractivity contribution in [2.75, 3.05) is 0 Å². The van der Waals surface area contributed by atoms with Crippen LogP contribution in [0.15, 0.2) is 12.3 Å². The van der Waals surface area contributed by atoms with Gasteiger partial charge < -0.3 is 5.32 Å². The molecule has 3 nitrogen and oxygen atoms in total. The first-order valence-electron chi connectivity index (χ1n) is 6.80. The molecular weight excluding hydrogens is 210 g/mol. The second-order valence-electron chi connectivity index (χ2n) is 5.41. The third-order valence-electron chi connectivity index (χ3n) is 3.28. The van der Waals surface area contributed by atoms with E-state index < -0.39 is 0 Å². The molecule has 0 saturated carbocycles. The van der Waals surface area contributed by atoms with Crippen LogP contribution in [0.5, 0.6) is 0 Å². The monoisotopic (exact) mass is 237 g/mol. The Morgan fingerprint density at radius 3 is 2.53 bits per heavy atom. The maximum absolute atomic E-state index is 4.54. The molecule has 17 heavy (non-hydrogen) atoms. The van der Waals surface area contributed by atoms with Crippen LogP contribution in [0.3, 0.4) is 0 Å². The second kappa shape index (κ2) is 6.80. The molecule has 0 radical (unpaired) electrons. The number of nitrogens with one attached hydrogen (secondary N) is 1. The van der Waals surface area contributed by atoms with Gasteiger partial charge in [-0.25, -0.2) is 0 Å². The van der Waals surface area contributed by atoms with Gasteiger partial charge in [-0.2, -0.15) is 5.10 Å². The lowest BCUT2D eigenvalue weighted by Gasteiger charge is -2.16. The van der Waals surface area contributed by atoms with Crippen molar-refractivity contribution in [3.8, 4) is 0 Å². The third-order valence-corrected chi connectivity index (χ3v) is 3.28. The highest BCUT2D eigenvalue weighted by atomic mass is 15.3. The average Bonchev–Trinajstić information content (AvgIpc) is 2.75. The maximum atomic E-state index is 4.54.